The molecule has 11 nitrogen and oxygen atoms in total. The number of aromatic nitrogens is 3. The minimum absolute atomic E-state index is 0. The van der Waals surface area contributed by atoms with Gasteiger partial charge in [0.2, 0.25) is 0 Å². The number of nitrogens with two attached hydrogens (primary N) is 4. The van der Waals surface area contributed by atoms with Crippen molar-refractivity contribution in [1.29, 1.82) is 0 Å². The summed E-state index contributed by atoms with van der Waals surface area (Å²) in [6, 6.07) is 12.7. The van der Waals surface area contributed by atoms with Gasteiger partial charge in [0.25, 0.3) is 0 Å². The largest absolute Gasteiger partial charge is 0.372 e. The Morgan fingerprint density at radius 3 is 2.49 bits per heavy atom. The van der Waals surface area contributed by atoms with Gasteiger partial charge in [-0.3, -0.25) is 14.6 Å². The Kier molecular flexibility index (Phi) is 12.0. The Balaban J connectivity index is 0.00000500. The van der Waals surface area contributed by atoms with E-state index in [4.69, 9.17) is 39.3 Å². The topological polar surface area (TPSA) is 189 Å². The van der Waals surface area contributed by atoms with Crippen LogP contribution in [0.1, 0.15) is 57.6 Å². The highest BCUT2D eigenvalue weighted by atomic mass is 35.5. The third-order valence-corrected chi connectivity index (χ3v) is 8.64. The first-order chi connectivity index (χ1) is 22.1. The van der Waals surface area contributed by atoms with Crippen molar-refractivity contribution in [2.24, 2.45) is 44.8 Å². The first kappa shape index (κ1) is 35.4. The number of halogens is 2. The number of hydrogen-bond donors (Lipinski definition) is 5. The van der Waals surface area contributed by atoms with Crippen molar-refractivity contribution in [3.8, 4) is 16.9 Å². The number of benzene rings is 2. The summed E-state index contributed by atoms with van der Waals surface area (Å²) in [6.45, 7) is 3.23. The number of aryl methyl sites for hydroxylation is 1. The van der Waals surface area contributed by atoms with Crippen LogP contribution in [0.5, 0.6) is 0 Å². The molecule has 0 amide bonds. The van der Waals surface area contributed by atoms with Crippen LogP contribution in [0.3, 0.4) is 0 Å². The molecule has 2 heterocycles. The van der Waals surface area contributed by atoms with Gasteiger partial charge in [-0.15, -0.1) is 0 Å². The Morgan fingerprint density at radius 2 is 1.81 bits per heavy atom. The molecule has 0 radical (unpaired) electrons. The summed E-state index contributed by atoms with van der Waals surface area (Å²) in [6.07, 6.45) is 7.56. The minimum Gasteiger partial charge on any atom is -0.372 e. The summed E-state index contributed by atoms with van der Waals surface area (Å²) in [5, 5.41) is 0.735. The van der Waals surface area contributed by atoms with E-state index in [1.165, 1.54) is 17.4 Å². The van der Waals surface area contributed by atoms with Gasteiger partial charge < -0.3 is 32.7 Å². The van der Waals surface area contributed by atoms with Crippen LogP contribution < -0.4 is 28.6 Å². The fourth-order valence-corrected chi connectivity index (χ4v) is 5.82. The Hall–Kier alpha value is -4.42. The lowest BCUT2D eigenvalue weighted by Crippen LogP contribution is -2.27. The molecule has 1 aliphatic rings. The number of nitrogens with one attached hydrogen (secondary N) is 1. The minimum atomic E-state index is -0.506. The van der Waals surface area contributed by atoms with Gasteiger partial charge in [0.15, 0.2) is 17.7 Å². The number of guanidine groups is 2. The SMILES string of the molecule is C.C[C@H](CCCc1cc(Cl)c(F)c(-c2cc3cn(-c4ccc(CO[C@H](CCN=C(N)N)CN=C(N)N)cc4)c(=O)nc3[nH]2)c1)C1CC1. The number of H-pyrrole nitrogens is 1. The zero-order valence-electron chi connectivity index (χ0n) is 25.9. The van der Waals surface area contributed by atoms with Gasteiger partial charge in [-0.25, -0.2) is 9.18 Å². The lowest BCUT2D eigenvalue weighted by molar-refractivity contribution is 0.0429. The van der Waals surface area contributed by atoms with Crippen molar-refractivity contribution in [3.63, 3.8) is 0 Å². The number of ether oxygens (including phenoxy) is 1. The van der Waals surface area contributed by atoms with Crippen LogP contribution in [0.4, 0.5) is 4.39 Å². The molecule has 0 bridgehead atoms. The molecule has 2 aromatic heterocycles. The molecule has 47 heavy (non-hydrogen) atoms. The average Bonchev–Trinajstić information content (AvgIpc) is 3.79. The average molecular weight is 666 g/mol. The maximum atomic E-state index is 15.2. The van der Waals surface area contributed by atoms with Crippen LogP contribution in [-0.2, 0) is 17.8 Å². The molecule has 2 atom stereocenters. The van der Waals surface area contributed by atoms with Gasteiger partial charge in [-0.05, 0) is 85.4 Å². The molecule has 252 valence electrons. The van der Waals surface area contributed by atoms with Crippen LogP contribution in [0.2, 0.25) is 5.02 Å². The molecule has 4 aromatic rings. The van der Waals surface area contributed by atoms with Crippen molar-refractivity contribution in [1.82, 2.24) is 14.5 Å². The first-order valence-corrected chi connectivity index (χ1v) is 15.9. The van der Waals surface area contributed by atoms with Crippen LogP contribution in [-0.4, -0.2) is 45.6 Å². The quantitative estimate of drug-likeness (QED) is 0.0872. The molecule has 13 heteroatoms. The van der Waals surface area contributed by atoms with Gasteiger partial charge in [0, 0.05) is 23.7 Å². The second kappa shape index (κ2) is 15.9. The number of nitrogens with zero attached hydrogens (tertiary/aromatic N) is 4. The molecule has 5 rings (SSSR count). The highest BCUT2D eigenvalue weighted by Crippen LogP contribution is 2.39. The Labute approximate surface area is 279 Å². The van der Waals surface area contributed by atoms with Crippen molar-refractivity contribution >= 4 is 34.6 Å². The third-order valence-electron chi connectivity index (χ3n) is 8.36. The maximum Gasteiger partial charge on any atom is 0.354 e. The number of aliphatic imine (C=N–C) groups is 2. The Bertz CT molecular complexity index is 1770. The number of hydrogen-bond acceptors (Lipinski definition) is 5. The molecular formula is C34H45ClFN9O2. The van der Waals surface area contributed by atoms with E-state index in [1.54, 1.807) is 30.5 Å². The lowest BCUT2D eigenvalue weighted by Gasteiger charge is -2.15. The fraction of sp³-hybridized carbons (Fsp3) is 0.412. The molecule has 1 aliphatic carbocycles. The fourth-order valence-electron chi connectivity index (χ4n) is 5.58. The van der Waals surface area contributed by atoms with Crippen LogP contribution >= 0.6 is 11.6 Å². The van der Waals surface area contributed by atoms with Crippen molar-refractivity contribution < 1.29 is 9.13 Å². The third kappa shape index (κ3) is 9.55. The number of aromatic amines is 1. The molecule has 0 spiro atoms. The molecular weight excluding hydrogens is 621 g/mol. The predicted octanol–water partition coefficient (Wildman–Crippen LogP) is 5.00. The summed E-state index contributed by atoms with van der Waals surface area (Å²) in [5.41, 5.74) is 25.0. The monoisotopic (exact) mass is 665 g/mol. The van der Waals surface area contributed by atoms with E-state index in [2.05, 4.69) is 26.9 Å². The predicted molar refractivity (Wildman–Crippen MR) is 188 cm³/mol. The lowest BCUT2D eigenvalue weighted by atomic mass is 9.96. The molecule has 9 N–H and O–H groups in total. The maximum absolute atomic E-state index is 15.2. The molecule has 1 saturated carbocycles. The van der Waals surface area contributed by atoms with Gasteiger partial charge in [-0.2, -0.15) is 4.98 Å². The van der Waals surface area contributed by atoms with Crippen molar-refractivity contribution in [2.45, 2.75) is 65.6 Å². The van der Waals surface area contributed by atoms with E-state index in [9.17, 15) is 4.79 Å². The zero-order valence-corrected chi connectivity index (χ0v) is 26.6. The first-order valence-electron chi connectivity index (χ1n) is 15.5. The molecule has 0 aliphatic heterocycles. The van der Waals surface area contributed by atoms with Gasteiger partial charge >= 0.3 is 5.69 Å². The highest BCUT2D eigenvalue weighted by molar-refractivity contribution is 6.31. The summed E-state index contributed by atoms with van der Waals surface area (Å²) < 4.78 is 22.7. The standard InChI is InChI=1S/C33H41ClFN9O2.CH4/c1-19(22-7-8-22)3-2-4-21-13-26(29(35)27(34)14-21)28-15-23-17-44(33(45)43-30(23)42-28)24-9-5-20(6-10-24)18-46-25(16-41-32(38)39)11-12-40-31(36)37;/h5-6,9-10,13-15,17,19,22,25H,2-4,7-8,11-12,16,18H2,1H3,(H4,36,37,40)(H4,38,39,41)(H,42,43,45);1H4/t19-,25-;/m1./s1. The highest BCUT2D eigenvalue weighted by Gasteiger charge is 2.27. The summed E-state index contributed by atoms with van der Waals surface area (Å²) in [5.74, 6) is 1.04. The Morgan fingerprint density at radius 1 is 1.09 bits per heavy atom. The van der Waals surface area contributed by atoms with Gasteiger partial charge in [0.1, 0.15) is 5.65 Å². The summed E-state index contributed by atoms with van der Waals surface area (Å²) in [7, 11) is 0. The van der Waals surface area contributed by atoms with Crippen LogP contribution in [0.15, 0.2) is 63.4 Å². The van der Waals surface area contributed by atoms with E-state index in [1.807, 2.05) is 18.2 Å². The molecule has 0 saturated heterocycles. The van der Waals surface area contributed by atoms with E-state index < -0.39 is 11.5 Å². The number of fused-ring (bicyclic) bond motifs is 1. The zero-order chi connectivity index (χ0) is 32.8. The molecule has 0 unspecified atom stereocenters. The molecule has 2 aromatic carbocycles. The van der Waals surface area contributed by atoms with Gasteiger partial charge in [-0.1, -0.05) is 44.5 Å². The number of rotatable bonds is 15. The normalized spacial score (nSPS) is 13.9. The summed E-state index contributed by atoms with van der Waals surface area (Å²) >= 11 is 6.32. The second-order valence-corrected chi connectivity index (χ2v) is 12.4. The van der Waals surface area contributed by atoms with E-state index >= 15 is 4.39 Å². The van der Waals surface area contributed by atoms with Gasteiger partial charge in [0.05, 0.1) is 35.7 Å². The van der Waals surface area contributed by atoms with E-state index in [0.29, 0.717) is 40.9 Å². The van der Waals surface area contributed by atoms with Crippen molar-refractivity contribution in [3.05, 3.63) is 81.1 Å². The van der Waals surface area contributed by atoms with Crippen molar-refractivity contribution in [2.75, 3.05) is 13.1 Å². The van der Waals surface area contributed by atoms with Crippen LogP contribution in [0.25, 0.3) is 28.0 Å². The van der Waals surface area contributed by atoms with E-state index in [-0.39, 0.29) is 43.6 Å². The second-order valence-electron chi connectivity index (χ2n) is 12.0. The van der Waals surface area contributed by atoms with E-state index in [0.717, 1.165) is 42.2 Å². The molecule has 1 fully saturated rings. The smallest absolute Gasteiger partial charge is 0.354 e. The summed E-state index contributed by atoms with van der Waals surface area (Å²) in [4.78, 5) is 28.4. The van der Waals surface area contributed by atoms with Crippen LogP contribution in [0, 0.1) is 17.7 Å².